The Labute approximate surface area is 167 Å². The molecule has 0 N–H and O–H groups in total. The summed E-state index contributed by atoms with van der Waals surface area (Å²) in [6.45, 7) is 1.74. The number of morpholine rings is 1. The van der Waals surface area contributed by atoms with Crippen LogP contribution < -0.4 is 0 Å². The number of hydrogen-bond donors (Lipinski definition) is 0. The number of benzene rings is 2. The molecular formula is C21H20N2O6. The molecule has 0 spiro atoms. The molecule has 8 heteroatoms. The van der Waals surface area contributed by atoms with E-state index in [0.717, 1.165) is 6.08 Å². The quantitative estimate of drug-likeness (QED) is 0.322. The van der Waals surface area contributed by atoms with Crippen molar-refractivity contribution in [2.24, 2.45) is 0 Å². The summed E-state index contributed by atoms with van der Waals surface area (Å²) in [7, 11) is 0. The molecular weight excluding hydrogens is 376 g/mol. The first-order valence-electron chi connectivity index (χ1n) is 9.09. The van der Waals surface area contributed by atoms with Gasteiger partial charge in [0.25, 0.3) is 11.6 Å². The van der Waals surface area contributed by atoms with E-state index in [2.05, 4.69) is 0 Å². The molecule has 8 nitrogen and oxygen atoms in total. The van der Waals surface area contributed by atoms with Gasteiger partial charge >= 0.3 is 5.97 Å². The second kappa shape index (κ2) is 9.61. The Morgan fingerprint density at radius 3 is 2.52 bits per heavy atom. The maximum atomic E-state index is 12.9. The molecule has 0 saturated carbocycles. The van der Waals surface area contributed by atoms with Crippen molar-refractivity contribution < 1.29 is 24.0 Å². The Kier molecular flexibility index (Phi) is 6.70. The normalized spacial score (nSPS) is 15.1. The highest BCUT2D eigenvalue weighted by Crippen LogP contribution is 2.22. The van der Waals surface area contributed by atoms with E-state index in [1.807, 2.05) is 6.07 Å². The van der Waals surface area contributed by atoms with Crippen LogP contribution in [0.3, 0.4) is 0 Å². The van der Waals surface area contributed by atoms with Crippen LogP contribution >= 0.6 is 0 Å². The van der Waals surface area contributed by atoms with Gasteiger partial charge in [-0.05, 0) is 11.6 Å². The molecule has 1 saturated heterocycles. The molecule has 3 rings (SSSR count). The third-order valence-electron chi connectivity index (χ3n) is 4.38. The highest BCUT2D eigenvalue weighted by Gasteiger charge is 2.29. The number of rotatable bonds is 6. The van der Waals surface area contributed by atoms with Crippen LogP contribution in [-0.4, -0.2) is 48.0 Å². The van der Waals surface area contributed by atoms with Gasteiger partial charge in [-0.25, -0.2) is 4.79 Å². The van der Waals surface area contributed by atoms with E-state index in [1.165, 1.54) is 24.3 Å². The summed E-state index contributed by atoms with van der Waals surface area (Å²) in [4.78, 5) is 37.2. The van der Waals surface area contributed by atoms with Gasteiger partial charge in [0.1, 0.15) is 0 Å². The van der Waals surface area contributed by atoms with Gasteiger partial charge in [0, 0.05) is 36.9 Å². The van der Waals surface area contributed by atoms with Crippen molar-refractivity contribution in [2.45, 2.75) is 6.10 Å². The monoisotopic (exact) mass is 396 g/mol. The molecule has 0 aromatic heterocycles. The number of esters is 1. The van der Waals surface area contributed by atoms with Crippen molar-refractivity contribution in [2.75, 3.05) is 26.3 Å². The zero-order chi connectivity index (χ0) is 20.6. The Morgan fingerprint density at radius 1 is 1.10 bits per heavy atom. The fourth-order valence-electron chi connectivity index (χ4n) is 2.90. The van der Waals surface area contributed by atoms with Crippen LogP contribution in [0.25, 0.3) is 6.08 Å². The maximum Gasteiger partial charge on any atom is 0.331 e. The van der Waals surface area contributed by atoms with E-state index in [4.69, 9.17) is 9.47 Å². The van der Waals surface area contributed by atoms with Crippen LogP contribution in [-0.2, 0) is 19.1 Å². The zero-order valence-electron chi connectivity index (χ0n) is 15.6. The van der Waals surface area contributed by atoms with Gasteiger partial charge in [-0.2, -0.15) is 0 Å². The molecule has 0 bridgehead atoms. The van der Waals surface area contributed by atoms with Gasteiger partial charge in [0.05, 0.1) is 18.1 Å². The number of amides is 1. The third kappa shape index (κ3) is 5.49. The molecule has 1 atom stereocenters. The summed E-state index contributed by atoms with van der Waals surface area (Å²) >= 11 is 0. The summed E-state index contributed by atoms with van der Waals surface area (Å²) in [6.07, 6.45) is 1.50. The molecule has 1 amide bonds. The first-order chi connectivity index (χ1) is 14.0. The van der Waals surface area contributed by atoms with E-state index in [1.54, 1.807) is 35.2 Å². The summed E-state index contributed by atoms with van der Waals surface area (Å²) in [5.41, 5.74) is 0.971. The highest BCUT2D eigenvalue weighted by atomic mass is 16.6. The molecule has 0 aliphatic carbocycles. The maximum absolute atomic E-state index is 12.9. The summed E-state index contributed by atoms with van der Waals surface area (Å²) in [6, 6.07) is 14.6. The second-order valence-electron chi connectivity index (χ2n) is 6.35. The van der Waals surface area contributed by atoms with Crippen molar-refractivity contribution in [1.29, 1.82) is 0 Å². The van der Waals surface area contributed by atoms with E-state index in [0.29, 0.717) is 37.4 Å². The van der Waals surface area contributed by atoms with Crippen molar-refractivity contribution in [3.05, 3.63) is 81.9 Å². The van der Waals surface area contributed by atoms with Crippen molar-refractivity contribution in [3.8, 4) is 0 Å². The summed E-state index contributed by atoms with van der Waals surface area (Å²) in [5, 5.41) is 10.9. The molecule has 1 fully saturated rings. The lowest BCUT2D eigenvalue weighted by atomic mass is 10.1. The molecule has 1 aliphatic rings. The summed E-state index contributed by atoms with van der Waals surface area (Å²) < 4.78 is 10.7. The minimum Gasteiger partial charge on any atom is -0.444 e. The first-order valence-corrected chi connectivity index (χ1v) is 9.09. The first kappa shape index (κ1) is 20.2. The van der Waals surface area contributed by atoms with Crippen LogP contribution in [0, 0.1) is 10.1 Å². The lowest BCUT2D eigenvalue weighted by Crippen LogP contribution is -2.44. The van der Waals surface area contributed by atoms with Gasteiger partial charge in [0.2, 0.25) is 6.10 Å². The molecule has 1 heterocycles. The zero-order valence-corrected chi connectivity index (χ0v) is 15.6. The molecule has 0 radical (unpaired) electrons. The van der Waals surface area contributed by atoms with Crippen molar-refractivity contribution in [1.82, 2.24) is 4.90 Å². The lowest BCUT2D eigenvalue weighted by Gasteiger charge is -2.30. The smallest absolute Gasteiger partial charge is 0.331 e. The predicted molar refractivity (Wildman–Crippen MR) is 105 cm³/mol. The number of nitrogens with zero attached hydrogens (tertiary/aromatic N) is 2. The van der Waals surface area contributed by atoms with Crippen LogP contribution in [0.2, 0.25) is 0 Å². The van der Waals surface area contributed by atoms with Crippen LogP contribution in [0.5, 0.6) is 0 Å². The standard InChI is InChI=1S/C21H20N2O6/c24-19(10-9-16-5-4-8-18(15-16)23(26)27)29-20(17-6-2-1-3-7-17)21(25)22-11-13-28-14-12-22/h1-10,15,20H,11-14H2/b10-9+/t20-/m1/s1. The molecule has 2 aromatic carbocycles. The van der Waals surface area contributed by atoms with E-state index in [9.17, 15) is 19.7 Å². The van der Waals surface area contributed by atoms with Gasteiger partial charge in [-0.3, -0.25) is 14.9 Å². The van der Waals surface area contributed by atoms with Crippen LogP contribution in [0.4, 0.5) is 5.69 Å². The number of carbonyl (C=O) groups is 2. The second-order valence-corrected chi connectivity index (χ2v) is 6.35. The van der Waals surface area contributed by atoms with Gasteiger partial charge in [-0.1, -0.05) is 42.5 Å². The van der Waals surface area contributed by atoms with Crippen molar-refractivity contribution >= 4 is 23.6 Å². The number of nitro groups is 1. The molecule has 29 heavy (non-hydrogen) atoms. The lowest BCUT2D eigenvalue weighted by molar-refractivity contribution is -0.384. The van der Waals surface area contributed by atoms with Crippen LogP contribution in [0.15, 0.2) is 60.7 Å². The Morgan fingerprint density at radius 2 is 1.83 bits per heavy atom. The minimum atomic E-state index is -1.07. The average Bonchev–Trinajstić information content (AvgIpc) is 2.77. The predicted octanol–water partition coefficient (Wildman–Crippen LogP) is 2.75. The third-order valence-corrected chi connectivity index (χ3v) is 4.38. The fourth-order valence-corrected chi connectivity index (χ4v) is 2.90. The van der Waals surface area contributed by atoms with Gasteiger partial charge < -0.3 is 14.4 Å². The summed E-state index contributed by atoms with van der Waals surface area (Å²) in [5.74, 6) is -1.02. The van der Waals surface area contributed by atoms with E-state index < -0.39 is 17.0 Å². The molecule has 150 valence electrons. The topological polar surface area (TPSA) is 99.0 Å². The largest absolute Gasteiger partial charge is 0.444 e. The van der Waals surface area contributed by atoms with E-state index >= 15 is 0 Å². The SMILES string of the molecule is O=C(/C=C/c1cccc([N+](=O)[O-])c1)O[C@@H](C(=O)N1CCOCC1)c1ccccc1. The number of ether oxygens (including phenoxy) is 2. The van der Waals surface area contributed by atoms with Crippen molar-refractivity contribution in [3.63, 3.8) is 0 Å². The van der Waals surface area contributed by atoms with Crippen LogP contribution in [0.1, 0.15) is 17.2 Å². The van der Waals surface area contributed by atoms with Gasteiger partial charge in [0.15, 0.2) is 0 Å². The number of carbonyl (C=O) groups excluding carboxylic acids is 2. The Balaban J connectivity index is 1.75. The Hall–Kier alpha value is -3.52. The number of non-ortho nitro benzene ring substituents is 1. The number of nitro benzene ring substituents is 1. The van der Waals surface area contributed by atoms with E-state index in [-0.39, 0.29) is 11.6 Å². The molecule has 2 aromatic rings. The number of hydrogen-bond acceptors (Lipinski definition) is 6. The highest BCUT2D eigenvalue weighted by molar-refractivity contribution is 5.91. The fraction of sp³-hybridized carbons (Fsp3) is 0.238. The minimum absolute atomic E-state index is 0.0785. The molecule has 1 aliphatic heterocycles. The average molecular weight is 396 g/mol. The Bertz CT molecular complexity index is 906. The van der Waals surface area contributed by atoms with Gasteiger partial charge in [-0.15, -0.1) is 0 Å². The molecule has 0 unspecified atom stereocenters.